The van der Waals surface area contributed by atoms with Crippen LogP contribution in [0.25, 0.3) is 0 Å². The van der Waals surface area contributed by atoms with Gasteiger partial charge in [-0.05, 0) is 17.7 Å². The summed E-state index contributed by atoms with van der Waals surface area (Å²) in [5, 5.41) is 25.2. The third-order valence-electron chi connectivity index (χ3n) is 1.48. The second-order valence-electron chi connectivity index (χ2n) is 2.45. The lowest BCUT2D eigenvalue weighted by Gasteiger charge is -2.08. The number of aromatic hydroxyl groups is 1. The molecule has 0 spiro atoms. The first kappa shape index (κ1) is 8.55. The molecular formula is C8H10N2O2. The van der Waals surface area contributed by atoms with Crippen LogP contribution in [0.3, 0.4) is 0 Å². The minimum atomic E-state index is -1.13. The molecule has 0 aliphatic rings. The van der Waals surface area contributed by atoms with Crippen molar-refractivity contribution in [2.45, 2.75) is 6.10 Å². The van der Waals surface area contributed by atoms with Crippen LogP contribution in [-0.2, 0) is 0 Å². The maximum absolute atomic E-state index is 9.26. The Balaban J connectivity index is 2.95. The number of phenols is 1. The van der Waals surface area contributed by atoms with Crippen molar-refractivity contribution < 1.29 is 10.2 Å². The lowest BCUT2D eigenvalue weighted by atomic mass is 10.1. The summed E-state index contributed by atoms with van der Waals surface area (Å²) in [5.74, 6) is -0.284. The summed E-state index contributed by atoms with van der Waals surface area (Å²) in [6, 6.07) is 6.02. The number of rotatable bonds is 2. The number of nitrogens with two attached hydrogens (primary N) is 1. The van der Waals surface area contributed by atoms with Gasteiger partial charge in [0, 0.05) is 0 Å². The largest absolute Gasteiger partial charge is 0.508 e. The van der Waals surface area contributed by atoms with Crippen molar-refractivity contribution in [3.8, 4) is 5.75 Å². The van der Waals surface area contributed by atoms with Crippen LogP contribution < -0.4 is 5.73 Å². The van der Waals surface area contributed by atoms with E-state index in [0.717, 1.165) is 0 Å². The molecular weight excluding hydrogens is 156 g/mol. The number of amidine groups is 1. The van der Waals surface area contributed by atoms with E-state index in [1.54, 1.807) is 12.1 Å². The van der Waals surface area contributed by atoms with Crippen LogP contribution in [0.4, 0.5) is 0 Å². The fraction of sp³-hybridized carbons (Fsp3) is 0.125. The van der Waals surface area contributed by atoms with Gasteiger partial charge in [0.05, 0.1) is 0 Å². The summed E-state index contributed by atoms with van der Waals surface area (Å²) in [5.41, 5.74) is 5.49. The SMILES string of the molecule is N=C(N)C(O)c1cccc(O)c1. The molecule has 12 heavy (non-hydrogen) atoms. The van der Waals surface area contributed by atoms with Gasteiger partial charge >= 0.3 is 0 Å². The summed E-state index contributed by atoms with van der Waals surface area (Å²) < 4.78 is 0. The van der Waals surface area contributed by atoms with Crippen LogP contribution >= 0.6 is 0 Å². The van der Waals surface area contributed by atoms with Gasteiger partial charge in [-0.25, -0.2) is 0 Å². The molecule has 0 aliphatic heterocycles. The lowest BCUT2D eigenvalue weighted by Crippen LogP contribution is -2.19. The van der Waals surface area contributed by atoms with Crippen molar-refractivity contribution in [3.63, 3.8) is 0 Å². The Morgan fingerprint density at radius 2 is 2.17 bits per heavy atom. The Kier molecular flexibility index (Phi) is 2.30. The molecule has 0 radical (unpaired) electrons. The molecule has 0 aliphatic carbocycles. The highest BCUT2D eigenvalue weighted by Gasteiger charge is 2.09. The zero-order valence-corrected chi connectivity index (χ0v) is 6.36. The fourth-order valence-corrected chi connectivity index (χ4v) is 0.874. The van der Waals surface area contributed by atoms with Crippen LogP contribution in [0, 0.1) is 5.41 Å². The topological polar surface area (TPSA) is 90.3 Å². The molecule has 1 aromatic carbocycles. The Hall–Kier alpha value is -1.55. The molecule has 0 saturated heterocycles. The Labute approximate surface area is 69.8 Å². The summed E-state index contributed by atoms with van der Waals surface area (Å²) in [6.45, 7) is 0. The molecule has 4 heteroatoms. The molecule has 0 heterocycles. The predicted octanol–water partition coefficient (Wildman–Crippen LogP) is 0.362. The Morgan fingerprint density at radius 3 is 2.67 bits per heavy atom. The average Bonchev–Trinajstić information content (AvgIpc) is 2.03. The van der Waals surface area contributed by atoms with Crippen molar-refractivity contribution in [1.82, 2.24) is 0 Å². The lowest BCUT2D eigenvalue weighted by molar-refractivity contribution is 0.244. The average molecular weight is 166 g/mol. The van der Waals surface area contributed by atoms with Crippen molar-refractivity contribution in [2.24, 2.45) is 5.73 Å². The number of hydrogen-bond donors (Lipinski definition) is 4. The standard InChI is InChI=1S/C8H10N2O2/c9-8(10)7(12)5-2-1-3-6(11)4-5/h1-4,7,11-12H,(H3,9,10). The number of benzene rings is 1. The first-order valence-corrected chi connectivity index (χ1v) is 3.42. The first-order valence-electron chi connectivity index (χ1n) is 3.42. The van der Waals surface area contributed by atoms with E-state index in [-0.39, 0.29) is 11.6 Å². The minimum Gasteiger partial charge on any atom is -0.508 e. The Bertz CT molecular complexity index is 299. The quantitative estimate of drug-likeness (QED) is 0.377. The molecule has 0 bridgehead atoms. The zero-order chi connectivity index (χ0) is 9.14. The van der Waals surface area contributed by atoms with Crippen LogP contribution in [0.5, 0.6) is 5.75 Å². The highest BCUT2D eigenvalue weighted by atomic mass is 16.3. The fourth-order valence-electron chi connectivity index (χ4n) is 0.874. The highest BCUT2D eigenvalue weighted by molar-refractivity contribution is 5.82. The van der Waals surface area contributed by atoms with Crippen LogP contribution in [0.1, 0.15) is 11.7 Å². The summed E-state index contributed by atoms with van der Waals surface area (Å²) >= 11 is 0. The van der Waals surface area contributed by atoms with Gasteiger partial charge in [-0.15, -0.1) is 0 Å². The number of nitrogens with one attached hydrogen (secondary N) is 1. The molecule has 5 N–H and O–H groups in total. The number of aliphatic hydroxyl groups is 1. The van der Waals surface area contributed by atoms with Gasteiger partial charge in [0.1, 0.15) is 17.7 Å². The van der Waals surface area contributed by atoms with Crippen molar-refractivity contribution in [1.29, 1.82) is 5.41 Å². The summed E-state index contributed by atoms with van der Waals surface area (Å²) in [4.78, 5) is 0. The molecule has 0 amide bonds. The maximum atomic E-state index is 9.26. The summed E-state index contributed by atoms with van der Waals surface area (Å²) in [7, 11) is 0. The number of phenolic OH excluding ortho intramolecular Hbond substituents is 1. The van der Waals surface area contributed by atoms with Crippen molar-refractivity contribution in [3.05, 3.63) is 29.8 Å². The first-order chi connectivity index (χ1) is 5.61. The number of aliphatic hydroxyl groups excluding tert-OH is 1. The summed E-state index contributed by atoms with van der Waals surface area (Å²) in [6.07, 6.45) is -1.13. The van der Waals surface area contributed by atoms with E-state index in [4.69, 9.17) is 16.2 Å². The van der Waals surface area contributed by atoms with Crippen molar-refractivity contribution in [2.75, 3.05) is 0 Å². The van der Waals surface area contributed by atoms with E-state index >= 15 is 0 Å². The van der Waals surface area contributed by atoms with Gasteiger partial charge in [-0.3, -0.25) is 5.41 Å². The molecule has 1 rings (SSSR count). The molecule has 64 valence electrons. The molecule has 4 nitrogen and oxygen atoms in total. The van der Waals surface area contributed by atoms with Crippen LogP contribution in [0.15, 0.2) is 24.3 Å². The molecule has 0 saturated carbocycles. The van der Waals surface area contributed by atoms with E-state index in [9.17, 15) is 5.11 Å². The van der Waals surface area contributed by atoms with Gasteiger partial charge in [0.15, 0.2) is 0 Å². The van der Waals surface area contributed by atoms with Gasteiger partial charge < -0.3 is 15.9 Å². The second kappa shape index (κ2) is 3.23. The van der Waals surface area contributed by atoms with Gasteiger partial charge in [-0.1, -0.05) is 12.1 Å². The monoisotopic (exact) mass is 166 g/mol. The maximum Gasteiger partial charge on any atom is 0.136 e. The van der Waals surface area contributed by atoms with Gasteiger partial charge in [0.2, 0.25) is 0 Å². The van der Waals surface area contributed by atoms with E-state index in [1.165, 1.54) is 12.1 Å². The zero-order valence-electron chi connectivity index (χ0n) is 6.36. The van der Waals surface area contributed by atoms with Gasteiger partial charge in [0.25, 0.3) is 0 Å². The van der Waals surface area contributed by atoms with E-state index in [1.807, 2.05) is 0 Å². The normalized spacial score (nSPS) is 12.4. The highest BCUT2D eigenvalue weighted by Crippen LogP contribution is 2.17. The van der Waals surface area contributed by atoms with Crippen LogP contribution in [0.2, 0.25) is 0 Å². The molecule has 0 fully saturated rings. The molecule has 1 aromatic rings. The molecule has 0 aromatic heterocycles. The third kappa shape index (κ3) is 1.73. The van der Waals surface area contributed by atoms with E-state index in [2.05, 4.69) is 0 Å². The van der Waals surface area contributed by atoms with Gasteiger partial charge in [-0.2, -0.15) is 0 Å². The second-order valence-corrected chi connectivity index (χ2v) is 2.45. The smallest absolute Gasteiger partial charge is 0.136 e. The third-order valence-corrected chi connectivity index (χ3v) is 1.48. The van der Waals surface area contributed by atoms with E-state index < -0.39 is 6.10 Å². The van der Waals surface area contributed by atoms with Crippen LogP contribution in [-0.4, -0.2) is 16.0 Å². The Morgan fingerprint density at radius 1 is 1.50 bits per heavy atom. The number of hydrogen-bond acceptors (Lipinski definition) is 3. The molecule has 1 atom stereocenters. The molecule has 1 unspecified atom stereocenters. The van der Waals surface area contributed by atoms with Crippen molar-refractivity contribution >= 4 is 5.84 Å². The minimum absolute atomic E-state index is 0.0489. The predicted molar refractivity (Wildman–Crippen MR) is 45.0 cm³/mol. The van der Waals surface area contributed by atoms with E-state index in [0.29, 0.717) is 5.56 Å².